The minimum atomic E-state index is -3.58. The van der Waals surface area contributed by atoms with Crippen molar-refractivity contribution in [3.63, 3.8) is 0 Å². The van der Waals surface area contributed by atoms with E-state index in [1.165, 1.54) is 18.5 Å². The van der Waals surface area contributed by atoms with Crippen molar-refractivity contribution in [1.82, 2.24) is 9.71 Å². The second-order valence-corrected chi connectivity index (χ2v) is 5.90. The summed E-state index contributed by atoms with van der Waals surface area (Å²) in [5.74, 6) is -0.366. The molecule has 0 aromatic carbocycles. The van der Waals surface area contributed by atoms with E-state index in [1.54, 1.807) is 6.92 Å². The topological polar surface area (TPSA) is 82.9 Å². The van der Waals surface area contributed by atoms with Crippen LogP contribution in [0.3, 0.4) is 0 Å². The van der Waals surface area contributed by atoms with Crippen molar-refractivity contribution in [2.75, 3.05) is 6.54 Å². The van der Waals surface area contributed by atoms with Crippen molar-refractivity contribution in [3.05, 3.63) is 22.9 Å². The Kier molecular flexibility index (Phi) is 4.41. The monoisotopic (exact) mass is 303 g/mol. The van der Waals surface area contributed by atoms with Gasteiger partial charge in [0.05, 0.1) is 12.0 Å². The predicted molar refractivity (Wildman–Crippen MR) is 61.9 cm³/mol. The molecule has 1 heterocycles. The van der Waals surface area contributed by atoms with Gasteiger partial charge in [0.25, 0.3) is 0 Å². The van der Waals surface area contributed by atoms with E-state index in [-0.39, 0.29) is 17.4 Å². The van der Waals surface area contributed by atoms with Gasteiger partial charge >= 0.3 is 0 Å². The number of nitrogens with one attached hydrogen (secondary N) is 1. The molecule has 1 aromatic heterocycles. The Morgan fingerprint density at radius 1 is 1.62 bits per heavy atom. The normalized spacial score (nSPS) is 13.1. The Bertz CT molecular complexity index is 510. The van der Waals surface area contributed by atoms with E-state index in [9.17, 15) is 8.42 Å². The van der Waals surface area contributed by atoms with Gasteiger partial charge in [-0.05, 0) is 28.9 Å². The Morgan fingerprint density at radius 3 is 2.88 bits per heavy atom. The predicted octanol–water partition coefficient (Wildman–Crippen LogP) is 1.28. The van der Waals surface area contributed by atoms with Crippen molar-refractivity contribution in [3.8, 4) is 6.07 Å². The summed E-state index contributed by atoms with van der Waals surface area (Å²) < 4.78 is 26.4. The molecule has 1 aromatic rings. The minimum Gasteiger partial charge on any atom is -0.262 e. The number of nitriles is 1. The maximum Gasteiger partial charge on any atom is 0.242 e. The average molecular weight is 304 g/mol. The Hall–Kier alpha value is -0.970. The summed E-state index contributed by atoms with van der Waals surface area (Å²) in [5.41, 5.74) is 0. The van der Waals surface area contributed by atoms with Crippen LogP contribution in [-0.4, -0.2) is 19.9 Å². The highest BCUT2D eigenvalue weighted by Gasteiger charge is 2.15. The summed E-state index contributed by atoms with van der Waals surface area (Å²) in [5, 5.41) is 8.54. The smallest absolute Gasteiger partial charge is 0.242 e. The van der Waals surface area contributed by atoms with Gasteiger partial charge in [-0.15, -0.1) is 0 Å². The van der Waals surface area contributed by atoms with Crippen LogP contribution in [-0.2, 0) is 10.0 Å². The van der Waals surface area contributed by atoms with E-state index in [0.717, 1.165) is 0 Å². The van der Waals surface area contributed by atoms with E-state index in [4.69, 9.17) is 5.26 Å². The molecule has 1 N–H and O–H groups in total. The fraction of sp³-hybridized carbons (Fsp3) is 0.333. The molecule has 0 saturated carbocycles. The number of rotatable bonds is 4. The third-order valence-electron chi connectivity index (χ3n) is 1.79. The molecule has 1 rings (SSSR count). The van der Waals surface area contributed by atoms with Crippen LogP contribution in [0.4, 0.5) is 0 Å². The summed E-state index contributed by atoms with van der Waals surface area (Å²) in [6.45, 7) is 1.73. The molecule has 86 valence electrons. The van der Waals surface area contributed by atoms with Crippen LogP contribution in [0.5, 0.6) is 0 Å². The van der Waals surface area contributed by atoms with Gasteiger partial charge in [-0.25, -0.2) is 13.1 Å². The first kappa shape index (κ1) is 13.1. The maximum atomic E-state index is 11.7. The number of nitrogens with zero attached hydrogens (tertiary/aromatic N) is 2. The van der Waals surface area contributed by atoms with Crippen molar-refractivity contribution >= 4 is 26.0 Å². The highest BCUT2D eigenvalue weighted by Crippen LogP contribution is 2.14. The van der Waals surface area contributed by atoms with Gasteiger partial charge in [0.1, 0.15) is 4.90 Å². The van der Waals surface area contributed by atoms with Crippen LogP contribution in [0.15, 0.2) is 27.8 Å². The molecule has 1 unspecified atom stereocenters. The Balaban J connectivity index is 2.83. The third kappa shape index (κ3) is 3.56. The van der Waals surface area contributed by atoms with Gasteiger partial charge in [0, 0.05) is 23.4 Å². The number of pyridine rings is 1. The largest absolute Gasteiger partial charge is 0.262 e. The summed E-state index contributed by atoms with van der Waals surface area (Å²) in [7, 11) is -3.58. The van der Waals surface area contributed by atoms with E-state index < -0.39 is 10.0 Å². The molecule has 16 heavy (non-hydrogen) atoms. The molecule has 0 aliphatic heterocycles. The summed E-state index contributed by atoms with van der Waals surface area (Å²) in [6.07, 6.45) is 2.75. The molecular weight excluding hydrogens is 294 g/mol. The van der Waals surface area contributed by atoms with E-state index >= 15 is 0 Å². The number of sulfonamides is 1. The zero-order valence-electron chi connectivity index (χ0n) is 8.51. The average Bonchev–Trinajstić information content (AvgIpc) is 2.26. The van der Waals surface area contributed by atoms with Gasteiger partial charge in [-0.3, -0.25) is 4.98 Å². The van der Waals surface area contributed by atoms with Crippen molar-refractivity contribution < 1.29 is 8.42 Å². The quantitative estimate of drug-likeness (QED) is 0.908. The van der Waals surface area contributed by atoms with Gasteiger partial charge < -0.3 is 0 Å². The van der Waals surface area contributed by atoms with Gasteiger partial charge in [0.15, 0.2) is 0 Å². The number of halogens is 1. The van der Waals surface area contributed by atoms with Crippen LogP contribution < -0.4 is 4.72 Å². The molecular formula is C9H10BrN3O2S. The molecule has 5 nitrogen and oxygen atoms in total. The van der Waals surface area contributed by atoms with Crippen molar-refractivity contribution in [1.29, 1.82) is 5.26 Å². The molecule has 0 aliphatic rings. The molecule has 0 fully saturated rings. The fourth-order valence-electron chi connectivity index (χ4n) is 0.903. The Morgan fingerprint density at radius 2 is 2.31 bits per heavy atom. The number of aromatic nitrogens is 1. The lowest BCUT2D eigenvalue weighted by Gasteiger charge is -2.07. The lowest BCUT2D eigenvalue weighted by Crippen LogP contribution is -2.28. The molecule has 0 spiro atoms. The van der Waals surface area contributed by atoms with Crippen LogP contribution in [0.2, 0.25) is 0 Å². The first-order valence-corrected chi connectivity index (χ1v) is 6.73. The van der Waals surface area contributed by atoms with Crippen LogP contribution >= 0.6 is 15.9 Å². The number of hydrogen-bond acceptors (Lipinski definition) is 4. The molecule has 0 aliphatic carbocycles. The molecule has 7 heteroatoms. The summed E-state index contributed by atoms with van der Waals surface area (Å²) >= 11 is 3.14. The molecule has 0 bridgehead atoms. The fourth-order valence-corrected chi connectivity index (χ4v) is 2.54. The number of hydrogen-bond donors (Lipinski definition) is 1. The molecule has 0 radical (unpaired) electrons. The SMILES string of the molecule is CC(C#N)CNS(=O)(=O)c1cncc(Br)c1. The highest BCUT2D eigenvalue weighted by atomic mass is 79.9. The first-order valence-electron chi connectivity index (χ1n) is 4.45. The summed E-state index contributed by atoms with van der Waals surface area (Å²) in [4.78, 5) is 3.84. The van der Waals surface area contributed by atoms with E-state index in [1.807, 2.05) is 6.07 Å². The summed E-state index contributed by atoms with van der Waals surface area (Å²) in [6, 6.07) is 3.40. The van der Waals surface area contributed by atoms with Crippen LogP contribution in [0, 0.1) is 17.2 Å². The standard InChI is InChI=1S/C9H10BrN3O2S/c1-7(3-11)4-13-16(14,15)9-2-8(10)5-12-6-9/h2,5-7,13H,4H2,1H3. The molecule has 0 saturated heterocycles. The van der Waals surface area contributed by atoms with Crippen LogP contribution in [0.25, 0.3) is 0 Å². The minimum absolute atomic E-state index is 0.0759. The van der Waals surface area contributed by atoms with Gasteiger partial charge in [0.2, 0.25) is 10.0 Å². The van der Waals surface area contributed by atoms with Gasteiger partial charge in [-0.2, -0.15) is 5.26 Å². The van der Waals surface area contributed by atoms with Crippen molar-refractivity contribution in [2.45, 2.75) is 11.8 Å². The van der Waals surface area contributed by atoms with Crippen molar-refractivity contribution in [2.24, 2.45) is 5.92 Å². The zero-order valence-corrected chi connectivity index (χ0v) is 10.9. The third-order valence-corrected chi connectivity index (χ3v) is 3.61. The lowest BCUT2D eigenvalue weighted by molar-refractivity contribution is 0.572. The second kappa shape index (κ2) is 5.39. The molecule has 1 atom stereocenters. The first-order chi connectivity index (χ1) is 7.45. The van der Waals surface area contributed by atoms with Crippen LogP contribution in [0.1, 0.15) is 6.92 Å². The zero-order chi connectivity index (χ0) is 12.2. The second-order valence-electron chi connectivity index (χ2n) is 3.22. The highest BCUT2D eigenvalue weighted by molar-refractivity contribution is 9.10. The van der Waals surface area contributed by atoms with E-state index in [0.29, 0.717) is 4.47 Å². The lowest BCUT2D eigenvalue weighted by atomic mass is 10.2. The van der Waals surface area contributed by atoms with Gasteiger partial charge in [-0.1, -0.05) is 0 Å². The molecule has 0 amide bonds. The maximum absolute atomic E-state index is 11.7. The van der Waals surface area contributed by atoms with E-state index in [2.05, 4.69) is 25.6 Å². The Labute approximate surface area is 103 Å².